The highest BCUT2D eigenvalue weighted by Crippen LogP contribution is 2.44. The maximum Gasteiger partial charge on any atom is 0.251 e. The van der Waals surface area contributed by atoms with E-state index in [9.17, 15) is 9.59 Å². The molecule has 0 aromatic heterocycles. The van der Waals surface area contributed by atoms with Crippen molar-refractivity contribution in [3.63, 3.8) is 0 Å². The van der Waals surface area contributed by atoms with Gasteiger partial charge >= 0.3 is 0 Å². The Morgan fingerprint density at radius 1 is 1.23 bits per heavy atom. The average molecular weight is 422 g/mol. The van der Waals surface area contributed by atoms with Crippen molar-refractivity contribution in [1.82, 2.24) is 15.5 Å². The molecule has 1 aliphatic heterocycles. The summed E-state index contributed by atoms with van der Waals surface area (Å²) in [6.45, 7) is 6.48. The molecular formula is C20H28BrN3O2. The zero-order chi connectivity index (χ0) is 18.6. The molecule has 1 saturated carbocycles. The normalized spacial score (nSPS) is 19.8. The van der Waals surface area contributed by atoms with Gasteiger partial charge in [-0.1, -0.05) is 28.9 Å². The molecule has 1 heterocycles. The predicted molar refractivity (Wildman–Crippen MR) is 106 cm³/mol. The van der Waals surface area contributed by atoms with Crippen LogP contribution in [0.4, 0.5) is 0 Å². The summed E-state index contributed by atoms with van der Waals surface area (Å²) < 4.78 is 0.918. The van der Waals surface area contributed by atoms with Crippen LogP contribution in [0.1, 0.15) is 43.0 Å². The number of amides is 2. The number of rotatable bonds is 7. The van der Waals surface area contributed by atoms with E-state index in [1.807, 2.05) is 31.2 Å². The number of benzene rings is 1. The molecule has 0 unspecified atom stereocenters. The van der Waals surface area contributed by atoms with Crippen LogP contribution in [0.15, 0.2) is 28.7 Å². The summed E-state index contributed by atoms with van der Waals surface area (Å²) in [7, 11) is 0. The monoisotopic (exact) mass is 421 g/mol. The van der Waals surface area contributed by atoms with Gasteiger partial charge in [0.2, 0.25) is 5.91 Å². The number of piperidine rings is 1. The molecule has 26 heavy (non-hydrogen) atoms. The van der Waals surface area contributed by atoms with Gasteiger partial charge in [0.15, 0.2) is 0 Å². The van der Waals surface area contributed by atoms with Crippen LogP contribution in [0.2, 0.25) is 0 Å². The average Bonchev–Trinajstić information content (AvgIpc) is 3.39. The van der Waals surface area contributed by atoms with Crippen LogP contribution in [0.25, 0.3) is 0 Å². The van der Waals surface area contributed by atoms with Crippen molar-refractivity contribution in [2.75, 3.05) is 32.7 Å². The summed E-state index contributed by atoms with van der Waals surface area (Å²) in [4.78, 5) is 26.6. The number of hydrogen-bond donors (Lipinski definition) is 2. The third kappa shape index (κ3) is 5.30. The highest BCUT2D eigenvalue weighted by atomic mass is 79.9. The first-order valence-electron chi connectivity index (χ1n) is 9.51. The molecule has 1 aromatic carbocycles. The first-order chi connectivity index (χ1) is 12.5. The van der Waals surface area contributed by atoms with Gasteiger partial charge in [-0.15, -0.1) is 0 Å². The van der Waals surface area contributed by atoms with E-state index in [2.05, 4.69) is 31.5 Å². The van der Waals surface area contributed by atoms with Crippen molar-refractivity contribution < 1.29 is 9.59 Å². The van der Waals surface area contributed by atoms with Gasteiger partial charge in [0.25, 0.3) is 5.91 Å². The van der Waals surface area contributed by atoms with Crippen LogP contribution >= 0.6 is 15.9 Å². The quantitative estimate of drug-likeness (QED) is 0.711. The van der Waals surface area contributed by atoms with Crippen LogP contribution in [-0.2, 0) is 4.79 Å². The lowest BCUT2D eigenvalue weighted by Crippen LogP contribution is -2.42. The fourth-order valence-corrected chi connectivity index (χ4v) is 3.74. The van der Waals surface area contributed by atoms with Gasteiger partial charge in [-0.2, -0.15) is 0 Å². The van der Waals surface area contributed by atoms with E-state index in [1.54, 1.807) is 0 Å². The molecule has 6 heteroatoms. The highest BCUT2D eigenvalue weighted by molar-refractivity contribution is 9.10. The highest BCUT2D eigenvalue weighted by Gasteiger charge is 2.44. The van der Waals surface area contributed by atoms with E-state index in [1.165, 1.54) is 0 Å². The Bertz CT molecular complexity index is 652. The molecule has 142 valence electrons. The van der Waals surface area contributed by atoms with Crippen LogP contribution in [0.3, 0.4) is 0 Å². The smallest absolute Gasteiger partial charge is 0.251 e. The molecule has 2 N–H and O–H groups in total. The second-order valence-corrected chi connectivity index (χ2v) is 8.74. The third-order valence-corrected chi connectivity index (χ3v) is 6.10. The van der Waals surface area contributed by atoms with Crippen molar-refractivity contribution in [2.45, 2.75) is 32.6 Å². The van der Waals surface area contributed by atoms with Crippen molar-refractivity contribution in [3.8, 4) is 0 Å². The Hall–Kier alpha value is -1.40. The molecule has 1 aromatic rings. The number of halogens is 1. The summed E-state index contributed by atoms with van der Waals surface area (Å²) in [5.74, 6) is 0.731. The van der Waals surface area contributed by atoms with Crippen molar-refractivity contribution in [3.05, 3.63) is 34.3 Å². The van der Waals surface area contributed by atoms with E-state index >= 15 is 0 Å². The van der Waals surface area contributed by atoms with Crippen LogP contribution in [0, 0.1) is 11.3 Å². The molecule has 0 bridgehead atoms. The first kappa shape index (κ1) is 19.4. The van der Waals surface area contributed by atoms with Crippen molar-refractivity contribution in [2.24, 2.45) is 11.3 Å². The van der Waals surface area contributed by atoms with Gasteiger partial charge in [0.05, 0.1) is 0 Å². The van der Waals surface area contributed by atoms with E-state index in [4.69, 9.17) is 0 Å². The molecule has 2 amide bonds. The van der Waals surface area contributed by atoms with Gasteiger partial charge in [0, 0.05) is 35.1 Å². The number of nitrogens with zero attached hydrogens (tertiary/aromatic N) is 1. The van der Waals surface area contributed by atoms with E-state index in [0.717, 1.165) is 62.9 Å². The largest absolute Gasteiger partial charge is 0.354 e. The van der Waals surface area contributed by atoms with Gasteiger partial charge in [-0.05, 0) is 62.9 Å². The van der Waals surface area contributed by atoms with E-state index in [-0.39, 0.29) is 17.2 Å². The molecule has 2 fully saturated rings. The first-order valence-corrected chi connectivity index (χ1v) is 10.3. The SMILES string of the molecule is CC1(C(=O)NCCN2CCC(CNC(=O)c3cccc(Br)c3)CC2)CC1. The Morgan fingerprint density at radius 3 is 2.62 bits per heavy atom. The minimum Gasteiger partial charge on any atom is -0.354 e. The maximum absolute atomic E-state index is 12.2. The van der Waals surface area contributed by atoms with Crippen LogP contribution < -0.4 is 10.6 Å². The predicted octanol–water partition coefficient (Wildman–Crippen LogP) is 2.81. The second kappa shape index (κ2) is 8.53. The minimum absolute atomic E-state index is 0.00925. The Kier molecular flexibility index (Phi) is 6.35. The lowest BCUT2D eigenvalue weighted by Gasteiger charge is -2.32. The molecule has 0 atom stereocenters. The summed E-state index contributed by atoms with van der Waals surface area (Å²) in [6.07, 6.45) is 4.22. The van der Waals surface area contributed by atoms with Crippen LogP contribution in [-0.4, -0.2) is 49.4 Å². The van der Waals surface area contributed by atoms with Gasteiger partial charge in [-0.25, -0.2) is 0 Å². The molecule has 3 rings (SSSR count). The molecular weight excluding hydrogens is 394 g/mol. The topological polar surface area (TPSA) is 61.4 Å². The summed E-state index contributed by atoms with van der Waals surface area (Å²) in [5.41, 5.74) is 0.608. The number of carbonyl (C=O) groups excluding carboxylic acids is 2. The number of hydrogen-bond acceptors (Lipinski definition) is 3. The Labute approximate surface area is 164 Å². The zero-order valence-electron chi connectivity index (χ0n) is 15.4. The molecule has 1 saturated heterocycles. The fraction of sp³-hybridized carbons (Fsp3) is 0.600. The molecule has 0 radical (unpaired) electrons. The lowest BCUT2D eigenvalue weighted by atomic mass is 9.96. The molecule has 2 aliphatic rings. The Balaban J connectivity index is 1.31. The zero-order valence-corrected chi connectivity index (χ0v) is 17.0. The van der Waals surface area contributed by atoms with E-state index in [0.29, 0.717) is 11.5 Å². The van der Waals surface area contributed by atoms with Gasteiger partial charge in [-0.3, -0.25) is 9.59 Å². The standard InChI is InChI=1S/C20H28BrN3O2/c1-20(7-8-20)19(26)22-9-12-24-10-5-15(6-11-24)14-23-18(25)16-3-2-4-17(21)13-16/h2-4,13,15H,5-12,14H2,1H3,(H,22,26)(H,23,25). The van der Waals surface area contributed by atoms with Crippen molar-refractivity contribution in [1.29, 1.82) is 0 Å². The van der Waals surface area contributed by atoms with Crippen LogP contribution in [0.5, 0.6) is 0 Å². The summed E-state index contributed by atoms with van der Waals surface area (Å²) in [5, 5.41) is 6.12. The fourth-order valence-electron chi connectivity index (χ4n) is 3.34. The lowest BCUT2D eigenvalue weighted by molar-refractivity contribution is -0.125. The molecule has 5 nitrogen and oxygen atoms in total. The summed E-state index contributed by atoms with van der Waals surface area (Å²) in [6, 6.07) is 7.47. The van der Waals surface area contributed by atoms with Crippen molar-refractivity contribution >= 4 is 27.7 Å². The Morgan fingerprint density at radius 2 is 1.96 bits per heavy atom. The van der Waals surface area contributed by atoms with E-state index < -0.39 is 0 Å². The third-order valence-electron chi connectivity index (χ3n) is 5.61. The minimum atomic E-state index is -0.0838. The summed E-state index contributed by atoms with van der Waals surface area (Å²) >= 11 is 3.40. The maximum atomic E-state index is 12.2. The van der Waals surface area contributed by atoms with Gasteiger partial charge in [0.1, 0.15) is 0 Å². The second-order valence-electron chi connectivity index (χ2n) is 7.82. The molecule has 1 aliphatic carbocycles. The number of likely N-dealkylation sites (tertiary alicyclic amines) is 1. The number of nitrogens with one attached hydrogen (secondary N) is 2. The molecule has 0 spiro atoms. The number of carbonyl (C=O) groups is 2. The van der Waals surface area contributed by atoms with Gasteiger partial charge < -0.3 is 15.5 Å².